The number of nitro groups is 1. The number of benzene rings is 2. The molecule has 2 aromatic carbocycles. The number of hydrogen-bond acceptors (Lipinski definition) is 7. The van der Waals surface area contributed by atoms with Gasteiger partial charge in [-0.1, -0.05) is 35.5 Å². The molecule has 2 aromatic heterocycles. The Bertz CT molecular complexity index is 1370. The van der Waals surface area contributed by atoms with Crippen LogP contribution >= 0.6 is 23.4 Å². The summed E-state index contributed by atoms with van der Waals surface area (Å²) in [5, 5.41) is 20.6. The number of hydrogen-bond donors (Lipinski definition) is 2. The Morgan fingerprint density at radius 1 is 1.06 bits per heavy atom. The van der Waals surface area contributed by atoms with E-state index in [1.54, 1.807) is 41.0 Å². The Hall–Kier alpha value is -3.70. The summed E-state index contributed by atoms with van der Waals surface area (Å²) in [4.78, 5) is 38.6. The minimum absolute atomic E-state index is 0.0150. The standard InChI is InChI=1S/C20H15ClN6O4S/c21-13-4-6-15(7-5-13)26-17(9-14-10-18(28)23-19(29)22-14)24-25-20(26)32-11-12-2-1-3-16(8-12)27(30)31/h1-8,10H,9,11H2,(H2,22,23,28,29). The molecular weight excluding hydrogens is 456 g/mol. The van der Waals surface area contributed by atoms with E-state index in [-0.39, 0.29) is 12.1 Å². The molecule has 32 heavy (non-hydrogen) atoms. The van der Waals surface area contributed by atoms with Gasteiger partial charge in [0, 0.05) is 46.8 Å². The number of halogens is 1. The molecule has 4 aromatic rings. The minimum atomic E-state index is -0.606. The number of H-pyrrole nitrogens is 2. The average Bonchev–Trinajstić information content (AvgIpc) is 3.14. The van der Waals surface area contributed by atoms with Gasteiger partial charge in [0.05, 0.1) is 4.92 Å². The molecule has 0 unspecified atom stereocenters. The molecule has 4 rings (SSSR count). The lowest BCUT2D eigenvalue weighted by atomic mass is 10.2. The van der Waals surface area contributed by atoms with Gasteiger partial charge in [-0.05, 0) is 29.8 Å². The highest BCUT2D eigenvalue weighted by Crippen LogP contribution is 2.27. The molecule has 0 aliphatic heterocycles. The van der Waals surface area contributed by atoms with Crippen LogP contribution in [-0.4, -0.2) is 29.7 Å². The third-order valence-electron chi connectivity index (χ3n) is 4.44. The number of aromatic amines is 2. The van der Waals surface area contributed by atoms with Crippen LogP contribution in [0.25, 0.3) is 5.69 Å². The Kier molecular flexibility index (Phi) is 6.19. The van der Waals surface area contributed by atoms with Crippen molar-refractivity contribution < 1.29 is 4.92 Å². The summed E-state index contributed by atoms with van der Waals surface area (Å²) >= 11 is 7.37. The van der Waals surface area contributed by atoms with E-state index in [0.29, 0.717) is 27.5 Å². The predicted molar refractivity (Wildman–Crippen MR) is 120 cm³/mol. The zero-order valence-corrected chi connectivity index (χ0v) is 17.9. The van der Waals surface area contributed by atoms with Crippen molar-refractivity contribution in [1.29, 1.82) is 0 Å². The van der Waals surface area contributed by atoms with Crippen molar-refractivity contribution in [2.75, 3.05) is 0 Å². The molecule has 10 nitrogen and oxygen atoms in total. The van der Waals surface area contributed by atoms with E-state index in [4.69, 9.17) is 11.6 Å². The van der Waals surface area contributed by atoms with Crippen LogP contribution in [0.1, 0.15) is 17.1 Å². The quantitative estimate of drug-likeness (QED) is 0.240. The van der Waals surface area contributed by atoms with Gasteiger partial charge in [0.1, 0.15) is 5.82 Å². The Morgan fingerprint density at radius 3 is 2.56 bits per heavy atom. The van der Waals surface area contributed by atoms with Crippen LogP contribution in [0.15, 0.2) is 69.3 Å². The fourth-order valence-corrected chi connectivity index (χ4v) is 4.09. The molecule has 0 saturated carbocycles. The van der Waals surface area contributed by atoms with E-state index in [1.807, 2.05) is 0 Å². The van der Waals surface area contributed by atoms with Crippen molar-refractivity contribution in [2.45, 2.75) is 17.3 Å². The van der Waals surface area contributed by atoms with Gasteiger partial charge in [-0.2, -0.15) is 0 Å². The predicted octanol–water partition coefficient (Wildman–Crippen LogP) is 3.09. The number of aromatic nitrogens is 5. The zero-order valence-electron chi connectivity index (χ0n) is 16.3. The molecule has 0 radical (unpaired) electrons. The van der Waals surface area contributed by atoms with Crippen LogP contribution in [0.5, 0.6) is 0 Å². The highest BCUT2D eigenvalue weighted by Gasteiger charge is 2.16. The largest absolute Gasteiger partial charge is 0.325 e. The Morgan fingerprint density at radius 2 is 1.84 bits per heavy atom. The minimum Gasteiger partial charge on any atom is -0.311 e. The Balaban J connectivity index is 1.68. The van der Waals surface area contributed by atoms with E-state index in [1.165, 1.54) is 30.0 Å². The van der Waals surface area contributed by atoms with Crippen LogP contribution < -0.4 is 11.2 Å². The lowest BCUT2D eigenvalue weighted by Gasteiger charge is -2.10. The van der Waals surface area contributed by atoms with E-state index in [2.05, 4.69) is 20.2 Å². The van der Waals surface area contributed by atoms with E-state index >= 15 is 0 Å². The summed E-state index contributed by atoms with van der Waals surface area (Å²) in [6.07, 6.45) is 0.159. The average molecular weight is 471 g/mol. The number of rotatable bonds is 7. The fraction of sp³-hybridized carbons (Fsp3) is 0.100. The van der Waals surface area contributed by atoms with E-state index < -0.39 is 16.2 Å². The van der Waals surface area contributed by atoms with Crippen LogP contribution in [-0.2, 0) is 12.2 Å². The smallest absolute Gasteiger partial charge is 0.311 e. The highest BCUT2D eigenvalue weighted by atomic mass is 35.5. The van der Waals surface area contributed by atoms with Gasteiger partial charge < -0.3 is 4.98 Å². The first kappa shape index (κ1) is 21.5. The molecule has 0 fully saturated rings. The first-order chi connectivity index (χ1) is 15.4. The van der Waals surface area contributed by atoms with Gasteiger partial charge in [-0.15, -0.1) is 10.2 Å². The van der Waals surface area contributed by atoms with Gasteiger partial charge in [0.25, 0.3) is 11.2 Å². The van der Waals surface area contributed by atoms with Crippen LogP contribution in [0, 0.1) is 10.1 Å². The number of nitrogens with zero attached hydrogens (tertiary/aromatic N) is 4. The Labute approximate surface area is 189 Å². The fourth-order valence-electron chi connectivity index (χ4n) is 3.05. The van der Waals surface area contributed by atoms with Crippen molar-refractivity contribution in [2.24, 2.45) is 0 Å². The molecule has 12 heteroatoms. The van der Waals surface area contributed by atoms with E-state index in [9.17, 15) is 19.7 Å². The maximum Gasteiger partial charge on any atom is 0.325 e. The lowest BCUT2D eigenvalue weighted by Crippen LogP contribution is -2.23. The molecule has 0 spiro atoms. The van der Waals surface area contributed by atoms with Crippen molar-refractivity contribution in [1.82, 2.24) is 24.7 Å². The maximum atomic E-state index is 11.6. The topological polar surface area (TPSA) is 140 Å². The maximum absolute atomic E-state index is 11.6. The molecule has 2 heterocycles. The second-order valence-corrected chi connectivity index (χ2v) is 8.09. The van der Waals surface area contributed by atoms with Crippen molar-refractivity contribution in [3.05, 3.63) is 108 Å². The lowest BCUT2D eigenvalue weighted by molar-refractivity contribution is -0.384. The normalized spacial score (nSPS) is 10.9. The first-order valence-electron chi connectivity index (χ1n) is 9.28. The summed E-state index contributed by atoms with van der Waals surface area (Å²) < 4.78 is 1.79. The summed E-state index contributed by atoms with van der Waals surface area (Å²) in [6.45, 7) is 0. The van der Waals surface area contributed by atoms with Gasteiger partial charge in [-0.3, -0.25) is 24.5 Å². The van der Waals surface area contributed by atoms with Gasteiger partial charge in [0.15, 0.2) is 5.16 Å². The molecule has 0 aliphatic carbocycles. The molecule has 2 N–H and O–H groups in total. The second-order valence-electron chi connectivity index (χ2n) is 6.72. The third kappa shape index (κ3) is 4.95. The summed E-state index contributed by atoms with van der Waals surface area (Å²) in [6, 6.07) is 14.7. The van der Waals surface area contributed by atoms with E-state index in [0.717, 1.165) is 11.3 Å². The number of nitro benzene ring substituents is 1. The second kappa shape index (κ2) is 9.20. The molecule has 0 bridgehead atoms. The summed E-state index contributed by atoms with van der Waals surface area (Å²) in [7, 11) is 0. The zero-order chi connectivity index (χ0) is 22.7. The van der Waals surface area contributed by atoms with Gasteiger partial charge in [0.2, 0.25) is 0 Å². The van der Waals surface area contributed by atoms with Crippen LogP contribution in [0.3, 0.4) is 0 Å². The highest BCUT2D eigenvalue weighted by molar-refractivity contribution is 7.98. The summed E-state index contributed by atoms with van der Waals surface area (Å²) in [5.41, 5.74) is 0.781. The number of nitrogens with one attached hydrogen (secondary N) is 2. The van der Waals surface area contributed by atoms with Gasteiger partial charge >= 0.3 is 5.69 Å². The molecular formula is C20H15ClN6O4S. The monoisotopic (exact) mass is 470 g/mol. The van der Waals surface area contributed by atoms with Crippen molar-refractivity contribution >= 4 is 29.1 Å². The molecule has 0 aliphatic rings. The van der Waals surface area contributed by atoms with Crippen LogP contribution in [0.4, 0.5) is 5.69 Å². The van der Waals surface area contributed by atoms with Crippen LogP contribution in [0.2, 0.25) is 5.02 Å². The summed E-state index contributed by atoms with van der Waals surface area (Å²) in [5.74, 6) is 0.921. The number of thioether (sulfide) groups is 1. The SMILES string of the molecule is O=c1cc(Cc2nnc(SCc3cccc([N+](=O)[O-])c3)n2-c2ccc(Cl)cc2)[nH]c(=O)[nH]1. The van der Waals surface area contributed by atoms with Crippen molar-refractivity contribution in [3.63, 3.8) is 0 Å². The third-order valence-corrected chi connectivity index (χ3v) is 5.69. The first-order valence-corrected chi connectivity index (χ1v) is 10.6. The molecule has 0 atom stereocenters. The van der Waals surface area contributed by atoms with Crippen molar-refractivity contribution in [3.8, 4) is 5.69 Å². The number of non-ortho nitro benzene ring substituents is 1. The molecule has 0 amide bonds. The molecule has 162 valence electrons. The molecule has 0 saturated heterocycles. The van der Waals surface area contributed by atoms with Gasteiger partial charge in [-0.25, -0.2) is 4.79 Å².